The fraction of sp³-hybridized carbons (Fsp3) is 0.733. The second-order valence-electron chi connectivity index (χ2n) is 6.44. The predicted molar refractivity (Wildman–Crippen MR) is 85.4 cm³/mol. The number of thioether (sulfide) groups is 1. The van der Waals surface area contributed by atoms with E-state index in [-0.39, 0.29) is 22.5 Å². The van der Waals surface area contributed by atoms with Crippen LogP contribution in [0.3, 0.4) is 0 Å². The molecule has 1 unspecified atom stereocenters. The van der Waals surface area contributed by atoms with Crippen molar-refractivity contribution in [1.29, 1.82) is 0 Å². The third-order valence-corrected chi connectivity index (χ3v) is 6.18. The summed E-state index contributed by atoms with van der Waals surface area (Å²) >= 11 is 1.99. The minimum atomic E-state index is 0.0178. The van der Waals surface area contributed by atoms with Crippen molar-refractivity contribution in [2.24, 2.45) is 13.0 Å². The van der Waals surface area contributed by atoms with Crippen molar-refractivity contribution in [3.05, 3.63) is 18.0 Å². The first-order valence-corrected chi connectivity index (χ1v) is 8.67. The number of carbonyl (C=O) groups is 1. The van der Waals surface area contributed by atoms with Crippen LogP contribution in [0.2, 0.25) is 0 Å². The molecule has 0 saturated carbocycles. The van der Waals surface area contributed by atoms with E-state index in [1.165, 1.54) is 18.6 Å². The molecular weight excluding hydrogens is 284 g/mol. The topological polar surface area (TPSA) is 59.0 Å². The number of hydrogen-bond donors (Lipinski definition) is 2. The van der Waals surface area contributed by atoms with E-state index in [1.54, 1.807) is 4.68 Å². The third kappa shape index (κ3) is 3.26. The smallest absolute Gasteiger partial charge is 0.225 e. The van der Waals surface area contributed by atoms with Crippen molar-refractivity contribution in [3.63, 3.8) is 0 Å². The van der Waals surface area contributed by atoms with E-state index >= 15 is 0 Å². The van der Waals surface area contributed by atoms with Gasteiger partial charge in [-0.2, -0.15) is 16.9 Å². The summed E-state index contributed by atoms with van der Waals surface area (Å²) in [5.74, 6) is 1.66. The lowest BCUT2D eigenvalue weighted by atomic mass is 9.90. The molecule has 2 saturated heterocycles. The largest absolute Gasteiger partial charge is 0.354 e. The van der Waals surface area contributed by atoms with E-state index < -0.39 is 0 Å². The molecule has 2 aliphatic rings. The van der Waals surface area contributed by atoms with Crippen LogP contribution in [-0.4, -0.2) is 45.8 Å². The molecule has 0 radical (unpaired) electrons. The summed E-state index contributed by atoms with van der Waals surface area (Å²) in [5, 5.41) is 10.8. The van der Waals surface area contributed by atoms with Crippen molar-refractivity contribution in [1.82, 2.24) is 20.4 Å². The van der Waals surface area contributed by atoms with Gasteiger partial charge in [-0.1, -0.05) is 0 Å². The number of carbonyl (C=O) groups excluding carboxylic acids is 1. The van der Waals surface area contributed by atoms with Crippen LogP contribution in [0.5, 0.6) is 0 Å². The lowest BCUT2D eigenvalue weighted by Crippen LogP contribution is -2.41. The van der Waals surface area contributed by atoms with Gasteiger partial charge in [-0.15, -0.1) is 0 Å². The van der Waals surface area contributed by atoms with Crippen molar-refractivity contribution in [3.8, 4) is 0 Å². The molecule has 21 heavy (non-hydrogen) atoms. The van der Waals surface area contributed by atoms with Gasteiger partial charge in [0.25, 0.3) is 0 Å². The van der Waals surface area contributed by atoms with Gasteiger partial charge in [-0.25, -0.2) is 0 Å². The zero-order valence-corrected chi connectivity index (χ0v) is 13.6. The van der Waals surface area contributed by atoms with Crippen molar-refractivity contribution >= 4 is 17.7 Å². The Balaban J connectivity index is 1.60. The van der Waals surface area contributed by atoms with Crippen LogP contribution in [0, 0.1) is 5.92 Å². The van der Waals surface area contributed by atoms with Crippen LogP contribution in [-0.2, 0) is 11.8 Å². The Labute approximate surface area is 130 Å². The van der Waals surface area contributed by atoms with E-state index in [9.17, 15) is 4.79 Å². The van der Waals surface area contributed by atoms with Crippen LogP contribution >= 0.6 is 11.8 Å². The highest BCUT2D eigenvalue weighted by atomic mass is 32.2. The van der Waals surface area contributed by atoms with Gasteiger partial charge in [-0.05, 0) is 31.1 Å². The van der Waals surface area contributed by atoms with E-state index in [0.717, 1.165) is 25.2 Å². The molecule has 2 aliphatic heterocycles. The molecule has 0 aliphatic carbocycles. The number of rotatable bonds is 4. The highest BCUT2D eigenvalue weighted by Gasteiger charge is 2.36. The summed E-state index contributed by atoms with van der Waals surface area (Å²) in [5.41, 5.74) is 1.16. The Kier molecular flexibility index (Phi) is 4.26. The Morgan fingerprint density at radius 3 is 3.14 bits per heavy atom. The number of aromatic nitrogens is 2. The zero-order valence-electron chi connectivity index (χ0n) is 12.8. The zero-order chi connectivity index (χ0) is 14.9. The van der Waals surface area contributed by atoms with Crippen LogP contribution in [0.15, 0.2) is 12.4 Å². The molecular formula is C15H24N4OS. The van der Waals surface area contributed by atoms with Crippen molar-refractivity contribution in [2.75, 3.05) is 25.4 Å². The van der Waals surface area contributed by atoms with Gasteiger partial charge >= 0.3 is 0 Å². The standard InChI is InChI=1S/C15H24N4OS/c1-15(4-3-5-21-15)10-17-14(20)13-8-16-7-12(13)11-6-18-19(2)9-11/h6,9,12-13,16H,3-5,7-8,10H2,1-2H3,(H,17,20)/t12-,13+,15?/m1/s1. The summed E-state index contributed by atoms with van der Waals surface area (Å²) < 4.78 is 2.03. The van der Waals surface area contributed by atoms with Crippen LogP contribution in [0.1, 0.15) is 31.2 Å². The quantitative estimate of drug-likeness (QED) is 0.875. The van der Waals surface area contributed by atoms with Crippen molar-refractivity contribution < 1.29 is 4.79 Å². The summed E-state index contributed by atoms with van der Waals surface area (Å²) in [6, 6.07) is 0. The van der Waals surface area contributed by atoms with E-state index in [4.69, 9.17) is 0 Å². The maximum absolute atomic E-state index is 12.5. The fourth-order valence-electron chi connectivity index (χ4n) is 3.32. The maximum Gasteiger partial charge on any atom is 0.225 e. The molecule has 5 nitrogen and oxygen atoms in total. The number of nitrogens with zero attached hydrogens (tertiary/aromatic N) is 2. The molecule has 1 aromatic rings. The molecule has 0 spiro atoms. The molecule has 2 N–H and O–H groups in total. The molecule has 1 amide bonds. The molecule has 0 bridgehead atoms. The minimum Gasteiger partial charge on any atom is -0.354 e. The highest BCUT2D eigenvalue weighted by molar-refractivity contribution is 8.00. The summed E-state index contributed by atoms with van der Waals surface area (Å²) in [6.45, 7) is 4.66. The van der Waals surface area contributed by atoms with Gasteiger partial charge in [0, 0.05) is 43.5 Å². The third-order valence-electron chi connectivity index (χ3n) is 4.64. The molecule has 2 fully saturated rings. The number of hydrogen-bond acceptors (Lipinski definition) is 4. The maximum atomic E-state index is 12.5. The Bertz CT molecular complexity index is 510. The van der Waals surface area contributed by atoms with Gasteiger partial charge in [0.05, 0.1) is 12.1 Å². The lowest BCUT2D eigenvalue weighted by Gasteiger charge is -2.25. The van der Waals surface area contributed by atoms with Gasteiger partial charge in [0.1, 0.15) is 0 Å². The number of nitrogens with one attached hydrogen (secondary N) is 2. The Morgan fingerprint density at radius 2 is 2.48 bits per heavy atom. The van der Waals surface area contributed by atoms with E-state index in [2.05, 4.69) is 22.7 Å². The monoisotopic (exact) mass is 308 g/mol. The molecule has 0 aromatic carbocycles. The first-order valence-electron chi connectivity index (χ1n) is 7.68. The van der Waals surface area contributed by atoms with Crippen LogP contribution in [0.4, 0.5) is 0 Å². The lowest BCUT2D eigenvalue weighted by molar-refractivity contribution is -0.124. The van der Waals surface area contributed by atoms with E-state index in [0.29, 0.717) is 0 Å². The summed E-state index contributed by atoms with van der Waals surface area (Å²) in [6.07, 6.45) is 6.37. The fourth-order valence-corrected chi connectivity index (χ4v) is 4.56. The first kappa shape index (κ1) is 14.9. The van der Waals surface area contributed by atoms with Gasteiger partial charge < -0.3 is 10.6 Å². The highest BCUT2D eigenvalue weighted by Crippen LogP contribution is 2.37. The predicted octanol–water partition coefficient (Wildman–Crippen LogP) is 1.12. The van der Waals surface area contributed by atoms with Gasteiger partial charge in [0.15, 0.2) is 0 Å². The number of aryl methyl sites for hydroxylation is 1. The second kappa shape index (κ2) is 6.01. The second-order valence-corrected chi connectivity index (χ2v) is 8.12. The molecule has 3 rings (SSSR count). The summed E-state index contributed by atoms with van der Waals surface area (Å²) in [7, 11) is 1.92. The van der Waals surface area contributed by atoms with Gasteiger partial charge in [-0.3, -0.25) is 9.48 Å². The molecule has 3 heterocycles. The van der Waals surface area contributed by atoms with Crippen LogP contribution < -0.4 is 10.6 Å². The Hall–Kier alpha value is -1.01. The average Bonchev–Trinajstić information content (AvgIpc) is 3.16. The van der Waals surface area contributed by atoms with Gasteiger partial charge in [0.2, 0.25) is 5.91 Å². The summed E-state index contributed by atoms with van der Waals surface area (Å²) in [4.78, 5) is 12.5. The average molecular weight is 308 g/mol. The van der Waals surface area contributed by atoms with E-state index in [1.807, 2.05) is 31.2 Å². The molecule has 116 valence electrons. The molecule has 3 atom stereocenters. The van der Waals surface area contributed by atoms with Crippen molar-refractivity contribution in [2.45, 2.75) is 30.4 Å². The van der Waals surface area contributed by atoms with Crippen LogP contribution in [0.25, 0.3) is 0 Å². The number of amides is 1. The normalized spacial score (nSPS) is 32.5. The first-order chi connectivity index (χ1) is 10.1. The SMILES string of the molecule is Cn1cc([C@H]2CNC[C@@H]2C(=O)NCC2(C)CCCS2)cn1. The minimum absolute atomic E-state index is 0.0178. The molecule has 1 aromatic heterocycles. The molecule has 6 heteroatoms. The Morgan fingerprint density at radius 1 is 1.62 bits per heavy atom.